The Balaban J connectivity index is 2.13. The second-order valence-corrected chi connectivity index (χ2v) is 7.36. The average molecular weight is 242 g/mol. The predicted octanol–water partition coefficient (Wildman–Crippen LogP) is 2.33. The first-order valence-corrected chi connectivity index (χ1v) is 7.71. The Kier molecular flexibility index (Phi) is 3.87. The molecule has 2 fully saturated rings. The highest BCUT2D eigenvalue weighted by Crippen LogP contribution is 2.41. The molecule has 2 aliphatic heterocycles. The van der Waals surface area contributed by atoms with E-state index in [-0.39, 0.29) is 0 Å². The van der Waals surface area contributed by atoms with Crippen LogP contribution in [0.15, 0.2) is 0 Å². The summed E-state index contributed by atoms with van der Waals surface area (Å²) in [5.74, 6) is 2.09. The topological polar surface area (TPSA) is 29.3 Å². The zero-order valence-corrected chi connectivity index (χ0v) is 11.7. The third-order valence-corrected chi connectivity index (χ3v) is 5.85. The van der Waals surface area contributed by atoms with E-state index in [1.54, 1.807) is 0 Å². The Labute approximate surface area is 104 Å². The standard InChI is InChI=1S/C13H26N2S/c1-10-4-5-11(2)15(7-10)13(8-14)6-12(3)16-9-13/h10-12H,4-9,14H2,1-3H3. The number of hydrogen-bond acceptors (Lipinski definition) is 3. The number of thioether (sulfide) groups is 1. The van der Waals surface area contributed by atoms with Gasteiger partial charge in [-0.3, -0.25) is 4.90 Å². The monoisotopic (exact) mass is 242 g/mol. The van der Waals surface area contributed by atoms with Crippen molar-refractivity contribution in [2.45, 2.75) is 56.9 Å². The van der Waals surface area contributed by atoms with Gasteiger partial charge in [-0.2, -0.15) is 11.8 Å². The van der Waals surface area contributed by atoms with Gasteiger partial charge in [0.15, 0.2) is 0 Å². The van der Waals surface area contributed by atoms with Crippen LogP contribution in [-0.4, -0.2) is 40.6 Å². The molecule has 2 saturated heterocycles. The van der Waals surface area contributed by atoms with Crippen LogP contribution < -0.4 is 5.73 Å². The lowest BCUT2D eigenvalue weighted by Crippen LogP contribution is -2.60. The molecule has 2 nitrogen and oxygen atoms in total. The Morgan fingerprint density at radius 1 is 1.31 bits per heavy atom. The second-order valence-electron chi connectivity index (χ2n) is 5.94. The molecule has 0 amide bonds. The number of rotatable bonds is 2. The molecule has 3 heteroatoms. The average Bonchev–Trinajstić information content (AvgIpc) is 2.65. The Morgan fingerprint density at radius 3 is 2.62 bits per heavy atom. The molecule has 0 radical (unpaired) electrons. The van der Waals surface area contributed by atoms with Gasteiger partial charge in [0.25, 0.3) is 0 Å². The summed E-state index contributed by atoms with van der Waals surface area (Å²) < 4.78 is 0. The van der Waals surface area contributed by atoms with E-state index in [4.69, 9.17) is 5.73 Å². The molecule has 2 heterocycles. The van der Waals surface area contributed by atoms with Crippen LogP contribution in [0.5, 0.6) is 0 Å². The van der Waals surface area contributed by atoms with E-state index in [0.717, 1.165) is 23.8 Å². The van der Waals surface area contributed by atoms with E-state index < -0.39 is 0 Å². The summed E-state index contributed by atoms with van der Waals surface area (Å²) in [6.07, 6.45) is 4.02. The number of likely N-dealkylation sites (tertiary alicyclic amines) is 1. The van der Waals surface area contributed by atoms with Gasteiger partial charge >= 0.3 is 0 Å². The fourth-order valence-electron chi connectivity index (χ4n) is 3.36. The maximum atomic E-state index is 6.11. The van der Waals surface area contributed by atoms with Crippen LogP contribution in [0, 0.1) is 5.92 Å². The van der Waals surface area contributed by atoms with Gasteiger partial charge in [0, 0.05) is 35.7 Å². The highest BCUT2D eigenvalue weighted by Gasteiger charge is 2.45. The molecule has 2 N–H and O–H groups in total. The van der Waals surface area contributed by atoms with Crippen molar-refractivity contribution in [1.29, 1.82) is 0 Å². The van der Waals surface area contributed by atoms with E-state index in [1.165, 1.54) is 31.6 Å². The van der Waals surface area contributed by atoms with E-state index in [2.05, 4.69) is 37.4 Å². The van der Waals surface area contributed by atoms with Crippen molar-refractivity contribution >= 4 is 11.8 Å². The third kappa shape index (κ3) is 2.27. The van der Waals surface area contributed by atoms with Gasteiger partial charge in [-0.05, 0) is 32.1 Å². The number of hydrogen-bond donors (Lipinski definition) is 1. The SMILES string of the molecule is CC1CCC(C)N(C2(CN)CSC(C)C2)C1. The molecular weight excluding hydrogens is 216 g/mol. The summed E-state index contributed by atoms with van der Waals surface area (Å²) >= 11 is 2.10. The largest absolute Gasteiger partial charge is 0.329 e. The molecule has 4 atom stereocenters. The molecule has 16 heavy (non-hydrogen) atoms. The van der Waals surface area contributed by atoms with Crippen LogP contribution in [0.4, 0.5) is 0 Å². The van der Waals surface area contributed by atoms with Crippen molar-refractivity contribution in [3.63, 3.8) is 0 Å². The van der Waals surface area contributed by atoms with Crippen LogP contribution in [-0.2, 0) is 0 Å². The molecule has 2 aliphatic rings. The molecule has 0 saturated carbocycles. The fraction of sp³-hybridized carbons (Fsp3) is 1.00. The minimum atomic E-state index is 0.304. The molecule has 0 aromatic rings. The molecular formula is C13H26N2S. The van der Waals surface area contributed by atoms with Crippen molar-refractivity contribution in [3.8, 4) is 0 Å². The number of nitrogens with two attached hydrogens (primary N) is 1. The summed E-state index contributed by atoms with van der Waals surface area (Å²) in [6, 6.07) is 0.727. The Morgan fingerprint density at radius 2 is 2.06 bits per heavy atom. The lowest BCUT2D eigenvalue weighted by molar-refractivity contribution is 0.0232. The lowest BCUT2D eigenvalue weighted by Gasteiger charge is -2.48. The maximum Gasteiger partial charge on any atom is 0.0435 e. The molecule has 0 bridgehead atoms. The van der Waals surface area contributed by atoms with Crippen LogP contribution >= 0.6 is 11.8 Å². The van der Waals surface area contributed by atoms with E-state index in [0.29, 0.717) is 5.54 Å². The minimum Gasteiger partial charge on any atom is -0.329 e. The lowest BCUT2D eigenvalue weighted by atomic mass is 9.86. The third-order valence-electron chi connectivity index (χ3n) is 4.41. The van der Waals surface area contributed by atoms with Gasteiger partial charge in [0.2, 0.25) is 0 Å². The summed E-state index contributed by atoms with van der Waals surface area (Å²) in [4.78, 5) is 2.73. The quantitative estimate of drug-likeness (QED) is 0.806. The van der Waals surface area contributed by atoms with E-state index in [9.17, 15) is 0 Å². The van der Waals surface area contributed by atoms with Gasteiger partial charge in [-0.1, -0.05) is 13.8 Å². The first-order valence-electron chi connectivity index (χ1n) is 6.66. The van der Waals surface area contributed by atoms with Gasteiger partial charge < -0.3 is 5.73 Å². The highest BCUT2D eigenvalue weighted by atomic mass is 32.2. The normalized spacial score (nSPS) is 46.1. The molecule has 0 aromatic heterocycles. The van der Waals surface area contributed by atoms with E-state index >= 15 is 0 Å². The molecule has 94 valence electrons. The van der Waals surface area contributed by atoms with Gasteiger partial charge in [-0.25, -0.2) is 0 Å². The number of nitrogens with zero attached hydrogens (tertiary/aromatic N) is 1. The molecule has 0 aliphatic carbocycles. The van der Waals surface area contributed by atoms with Crippen molar-refractivity contribution in [2.75, 3.05) is 18.8 Å². The smallest absolute Gasteiger partial charge is 0.0435 e. The molecule has 0 spiro atoms. The highest BCUT2D eigenvalue weighted by molar-refractivity contribution is 8.00. The molecule has 4 unspecified atom stereocenters. The molecule has 2 rings (SSSR count). The summed E-state index contributed by atoms with van der Waals surface area (Å²) in [7, 11) is 0. The van der Waals surface area contributed by atoms with Crippen molar-refractivity contribution in [2.24, 2.45) is 11.7 Å². The van der Waals surface area contributed by atoms with Crippen LogP contribution in [0.25, 0.3) is 0 Å². The van der Waals surface area contributed by atoms with Crippen molar-refractivity contribution in [3.05, 3.63) is 0 Å². The first-order chi connectivity index (χ1) is 7.57. The predicted molar refractivity (Wildman–Crippen MR) is 72.9 cm³/mol. The number of piperidine rings is 1. The summed E-state index contributed by atoms with van der Waals surface area (Å²) in [5.41, 5.74) is 6.42. The Bertz CT molecular complexity index is 246. The van der Waals surface area contributed by atoms with Crippen molar-refractivity contribution < 1.29 is 0 Å². The summed E-state index contributed by atoms with van der Waals surface area (Å²) in [5, 5.41) is 0.785. The van der Waals surface area contributed by atoms with Gasteiger partial charge in [-0.15, -0.1) is 0 Å². The van der Waals surface area contributed by atoms with Gasteiger partial charge in [0.05, 0.1) is 0 Å². The van der Waals surface area contributed by atoms with Crippen molar-refractivity contribution in [1.82, 2.24) is 4.90 Å². The van der Waals surface area contributed by atoms with Crippen LogP contribution in [0.3, 0.4) is 0 Å². The van der Waals surface area contributed by atoms with Crippen LogP contribution in [0.2, 0.25) is 0 Å². The molecule has 0 aromatic carbocycles. The maximum absolute atomic E-state index is 6.11. The van der Waals surface area contributed by atoms with Crippen LogP contribution in [0.1, 0.15) is 40.0 Å². The first kappa shape index (κ1) is 12.7. The Hall–Kier alpha value is 0.270. The minimum absolute atomic E-state index is 0.304. The van der Waals surface area contributed by atoms with E-state index in [1.807, 2.05) is 0 Å². The zero-order valence-electron chi connectivity index (χ0n) is 10.9. The zero-order chi connectivity index (χ0) is 11.8. The summed E-state index contributed by atoms with van der Waals surface area (Å²) in [6.45, 7) is 9.21. The van der Waals surface area contributed by atoms with Gasteiger partial charge in [0.1, 0.15) is 0 Å². The fourth-order valence-corrected chi connectivity index (χ4v) is 4.78. The second kappa shape index (κ2) is 4.87.